The van der Waals surface area contributed by atoms with Crippen LogP contribution in [0.2, 0.25) is 5.02 Å². The molecule has 3 aliphatic rings. The molecule has 0 N–H and O–H groups in total. The largest absolute Gasteiger partial charge is 0.485 e. The Morgan fingerprint density at radius 3 is 2.12 bits per heavy atom. The number of rotatable bonds is 9. The van der Waals surface area contributed by atoms with Crippen molar-refractivity contribution in [1.29, 1.82) is 5.26 Å². The van der Waals surface area contributed by atoms with Crippen LogP contribution in [0.5, 0.6) is 11.5 Å². The van der Waals surface area contributed by atoms with E-state index in [0.717, 1.165) is 17.5 Å². The fraction of sp³-hybridized carbons (Fsp3) is 0.441. The number of benzene rings is 3. The van der Waals surface area contributed by atoms with Crippen molar-refractivity contribution in [3.8, 4) is 17.6 Å². The highest BCUT2D eigenvalue weighted by Crippen LogP contribution is 2.71. The number of ether oxygens (including phenoxy) is 4. The minimum atomic E-state index is -0.892. The van der Waals surface area contributed by atoms with Gasteiger partial charge in [-0.25, -0.2) is 0 Å². The van der Waals surface area contributed by atoms with E-state index >= 15 is 0 Å². The first-order valence-corrected chi connectivity index (χ1v) is 14.6. The number of nitriles is 1. The summed E-state index contributed by atoms with van der Waals surface area (Å²) >= 11 is 6.76. The normalized spacial score (nSPS) is 28.6. The Bertz CT molecular complexity index is 1390. The van der Waals surface area contributed by atoms with Crippen LogP contribution < -0.4 is 9.47 Å². The summed E-state index contributed by atoms with van der Waals surface area (Å²) in [5.74, 6) is 2.12. The molecule has 0 aromatic heterocycles. The SMILES string of the molecule is CC1(C)[C@@H]2CC[C@@]1(C)[C@@H]1O[C@@H](O[C@H](C#N)c3cc(OCc4ccccc4)c(OCc4ccccc4)cc3Cl)C[C@H]21. The lowest BCUT2D eigenvalue weighted by atomic mass is 9.70. The van der Waals surface area contributed by atoms with Gasteiger partial charge in [0.15, 0.2) is 23.9 Å². The van der Waals surface area contributed by atoms with Crippen molar-refractivity contribution in [2.45, 2.75) is 71.7 Å². The lowest BCUT2D eigenvalue weighted by Crippen LogP contribution is -2.38. The van der Waals surface area contributed by atoms with Crippen LogP contribution in [0, 0.1) is 34.0 Å². The standard InChI is InChI=1S/C34H36ClNO4/c1-33(2)26-14-15-34(33,3)32-24(26)17-31(40-32)39-30(19-36)25-16-28(37-20-22-10-6-4-7-11-22)29(18-27(25)35)38-21-23-12-8-5-9-13-23/h4-13,16,18,24,26,30-32H,14-15,17,20-21H2,1-3H3/t24-,26-,30-,31-,32-,34+/m1/s1. The fourth-order valence-electron chi connectivity index (χ4n) is 7.34. The third kappa shape index (κ3) is 4.77. The summed E-state index contributed by atoms with van der Waals surface area (Å²) in [6.07, 6.45) is 2.06. The van der Waals surface area contributed by atoms with Crippen molar-refractivity contribution >= 4 is 11.6 Å². The molecule has 3 aromatic carbocycles. The monoisotopic (exact) mass is 557 g/mol. The summed E-state index contributed by atoms with van der Waals surface area (Å²) < 4.78 is 25.2. The van der Waals surface area contributed by atoms with Gasteiger partial charge >= 0.3 is 0 Å². The van der Waals surface area contributed by atoms with E-state index in [1.807, 2.05) is 60.7 Å². The predicted octanol–water partition coefficient (Wildman–Crippen LogP) is 8.27. The van der Waals surface area contributed by atoms with Crippen LogP contribution in [-0.4, -0.2) is 12.4 Å². The maximum absolute atomic E-state index is 10.2. The van der Waals surface area contributed by atoms with E-state index in [2.05, 4.69) is 26.8 Å². The Morgan fingerprint density at radius 1 is 0.950 bits per heavy atom. The molecule has 1 saturated heterocycles. The van der Waals surface area contributed by atoms with Gasteiger partial charge in [0.05, 0.1) is 17.2 Å². The van der Waals surface area contributed by atoms with E-state index in [9.17, 15) is 5.26 Å². The van der Waals surface area contributed by atoms with Crippen LogP contribution in [0.4, 0.5) is 0 Å². The van der Waals surface area contributed by atoms with Crippen LogP contribution in [0.3, 0.4) is 0 Å². The first kappa shape index (κ1) is 27.1. The first-order valence-electron chi connectivity index (χ1n) is 14.2. The van der Waals surface area contributed by atoms with Crippen molar-refractivity contribution in [2.24, 2.45) is 22.7 Å². The van der Waals surface area contributed by atoms with Gasteiger partial charge in [0.25, 0.3) is 0 Å². The highest BCUT2D eigenvalue weighted by Gasteiger charge is 2.69. The van der Waals surface area contributed by atoms with Crippen LogP contribution in [0.25, 0.3) is 0 Å². The maximum Gasteiger partial charge on any atom is 0.173 e. The molecule has 2 saturated carbocycles. The Hall–Kier alpha value is -3.04. The second-order valence-electron chi connectivity index (χ2n) is 12.2. The van der Waals surface area contributed by atoms with Crippen molar-refractivity contribution in [1.82, 2.24) is 0 Å². The molecule has 0 amide bonds. The van der Waals surface area contributed by atoms with E-state index in [1.165, 1.54) is 12.8 Å². The average Bonchev–Trinajstić information content (AvgIpc) is 3.54. The lowest BCUT2D eigenvalue weighted by molar-refractivity contribution is -0.177. The van der Waals surface area contributed by atoms with E-state index in [1.54, 1.807) is 12.1 Å². The number of hydrogen-bond donors (Lipinski definition) is 0. The van der Waals surface area contributed by atoms with Gasteiger partial charge in [-0.15, -0.1) is 0 Å². The van der Waals surface area contributed by atoms with Gasteiger partial charge in [0.2, 0.25) is 0 Å². The number of nitrogens with zero attached hydrogens (tertiary/aromatic N) is 1. The van der Waals surface area contributed by atoms with E-state index in [-0.39, 0.29) is 16.9 Å². The minimum absolute atomic E-state index is 0.135. The van der Waals surface area contributed by atoms with Gasteiger partial charge < -0.3 is 18.9 Å². The molecule has 6 rings (SSSR count). The third-order valence-electron chi connectivity index (χ3n) is 9.90. The van der Waals surface area contributed by atoms with E-state index in [0.29, 0.717) is 47.1 Å². The molecule has 40 heavy (non-hydrogen) atoms. The third-order valence-corrected chi connectivity index (χ3v) is 10.2. The fourth-order valence-corrected chi connectivity index (χ4v) is 7.60. The Morgan fingerprint density at radius 2 is 1.55 bits per heavy atom. The molecule has 1 heterocycles. The van der Waals surface area contributed by atoms with Crippen molar-refractivity contribution < 1.29 is 18.9 Å². The molecule has 0 spiro atoms. The smallest absolute Gasteiger partial charge is 0.173 e. The molecule has 1 aliphatic heterocycles. The van der Waals surface area contributed by atoms with Crippen LogP contribution in [-0.2, 0) is 22.7 Å². The summed E-state index contributed by atoms with van der Waals surface area (Å²) in [6.45, 7) is 7.86. The molecule has 0 unspecified atom stereocenters. The van der Waals surface area contributed by atoms with Gasteiger partial charge in [-0.1, -0.05) is 93.0 Å². The lowest BCUT2D eigenvalue weighted by Gasteiger charge is -2.38. The molecular formula is C34H36ClNO4. The molecule has 5 nitrogen and oxygen atoms in total. The molecular weight excluding hydrogens is 522 g/mol. The summed E-state index contributed by atoms with van der Waals surface area (Å²) in [4.78, 5) is 0. The number of hydrogen-bond acceptors (Lipinski definition) is 5. The highest BCUT2D eigenvalue weighted by molar-refractivity contribution is 6.31. The van der Waals surface area contributed by atoms with Gasteiger partial charge in [-0.05, 0) is 52.7 Å². The quantitative estimate of drug-likeness (QED) is 0.265. The van der Waals surface area contributed by atoms with Gasteiger partial charge in [0.1, 0.15) is 13.2 Å². The zero-order valence-corrected chi connectivity index (χ0v) is 24.1. The summed E-state index contributed by atoms with van der Waals surface area (Å²) in [7, 11) is 0. The molecule has 2 aliphatic carbocycles. The maximum atomic E-state index is 10.2. The number of fused-ring (bicyclic) bond motifs is 5. The summed E-state index contributed by atoms with van der Waals surface area (Å²) in [5.41, 5.74) is 3.00. The van der Waals surface area contributed by atoms with Gasteiger partial charge in [0, 0.05) is 18.1 Å². The van der Waals surface area contributed by atoms with Gasteiger partial charge in [-0.2, -0.15) is 5.26 Å². The molecule has 2 bridgehead atoms. The van der Waals surface area contributed by atoms with Crippen LogP contribution in [0.15, 0.2) is 72.8 Å². The van der Waals surface area contributed by atoms with E-state index in [4.69, 9.17) is 30.5 Å². The minimum Gasteiger partial charge on any atom is -0.485 e. The van der Waals surface area contributed by atoms with Crippen LogP contribution >= 0.6 is 11.6 Å². The molecule has 6 heteroatoms. The second kappa shape index (κ2) is 10.7. The van der Waals surface area contributed by atoms with Crippen LogP contribution in [0.1, 0.15) is 62.8 Å². The molecule has 3 fully saturated rings. The van der Waals surface area contributed by atoms with Crippen molar-refractivity contribution in [3.05, 3.63) is 94.5 Å². The summed E-state index contributed by atoms with van der Waals surface area (Å²) in [6, 6.07) is 25.7. The number of halogens is 1. The first-order chi connectivity index (χ1) is 19.3. The average molecular weight is 558 g/mol. The van der Waals surface area contributed by atoms with Gasteiger partial charge in [-0.3, -0.25) is 0 Å². The molecule has 208 valence electrons. The topological polar surface area (TPSA) is 60.7 Å². The Balaban J connectivity index is 1.22. The van der Waals surface area contributed by atoms with Crippen molar-refractivity contribution in [2.75, 3.05) is 0 Å². The highest BCUT2D eigenvalue weighted by atomic mass is 35.5. The molecule has 0 radical (unpaired) electrons. The zero-order valence-electron chi connectivity index (χ0n) is 23.3. The van der Waals surface area contributed by atoms with Crippen molar-refractivity contribution in [3.63, 3.8) is 0 Å². The molecule has 6 atom stereocenters. The Labute approximate surface area is 242 Å². The zero-order chi connectivity index (χ0) is 27.9. The summed E-state index contributed by atoms with van der Waals surface area (Å²) in [5, 5.41) is 10.6. The second-order valence-corrected chi connectivity index (χ2v) is 12.6. The molecule has 3 aromatic rings. The predicted molar refractivity (Wildman–Crippen MR) is 154 cm³/mol. The van der Waals surface area contributed by atoms with E-state index < -0.39 is 12.4 Å². The Kier molecular flexibility index (Phi) is 7.29.